The van der Waals surface area contributed by atoms with Gasteiger partial charge in [0.1, 0.15) is 0 Å². The maximum Gasteiger partial charge on any atom is 0.0900 e. The summed E-state index contributed by atoms with van der Waals surface area (Å²) in [5.41, 5.74) is 3.11. The minimum absolute atomic E-state index is 0.404. The summed E-state index contributed by atoms with van der Waals surface area (Å²) in [6.07, 6.45) is 8.06. The first-order chi connectivity index (χ1) is 12.0. The van der Waals surface area contributed by atoms with Gasteiger partial charge in [0.15, 0.2) is 0 Å². The second-order valence-corrected chi connectivity index (χ2v) is 8.17. The Hall–Kier alpha value is -1.23. The first kappa shape index (κ1) is 18.6. The molecule has 1 heterocycles. The zero-order valence-corrected chi connectivity index (χ0v) is 15.8. The lowest BCUT2D eigenvalue weighted by atomic mass is 9.49. The molecule has 0 aliphatic heterocycles. The van der Waals surface area contributed by atoms with E-state index in [9.17, 15) is 5.11 Å². The van der Waals surface area contributed by atoms with E-state index in [2.05, 4.69) is 36.7 Å². The van der Waals surface area contributed by atoms with Crippen LogP contribution in [0, 0.1) is 17.3 Å². The molecule has 0 saturated heterocycles. The highest BCUT2D eigenvalue weighted by molar-refractivity contribution is 5.23. The molecule has 4 rings (SSSR count). The number of allylic oxidation sites excluding steroid dienone is 1. The fourth-order valence-electron chi connectivity index (χ4n) is 4.36. The Morgan fingerprint density at radius 1 is 1.36 bits per heavy atom. The van der Waals surface area contributed by atoms with Crippen LogP contribution < -0.4 is 0 Å². The van der Waals surface area contributed by atoms with Crippen LogP contribution in [-0.2, 0) is 11.3 Å². The van der Waals surface area contributed by atoms with Crippen LogP contribution in [0.4, 0.5) is 0 Å². The predicted octanol–water partition coefficient (Wildman–Crippen LogP) is 3.27. The van der Waals surface area contributed by atoms with Crippen molar-refractivity contribution < 1.29 is 9.84 Å². The standard InChI is InChI=1S/C21H32N2O2/c1-4-23(12-16-7-9-22-10-8-16)13-19(24)15-25-14-17-5-6-18-11-20(17)21(18,2)3/h5,7-10,18-20,24H,4,6,11-15H2,1-3H3. The zero-order valence-electron chi connectivity index (χ0n) is 15.8. The van der Waals surface area contributed by atoms with E-state index in [0.717, 1.165) is 19.0 Å². The molecule has 1 N–H and O–H groups in total. The summed E-state index contributed by atoms with van der Waals surface area (Å²) in [5, 5.41) is 10.3. The summed E-state index contributed by atoms with van der Waals surface area (Å²) in [6, 6.07) is 4.05. The van der Waals surface area contributed by atoms with Crippen molar-refractivity contribution in [3.63, 3.8) is 0 Å². The van der Waals surface area contributed by atoms with Gasteiger partial charge in [-0.3, -0.25) is 9.88 Å². The highest BCUT2D eigenvalue weighted by atomic mass is 16.5. The SMILES string of the molecule is CCN(Cc1ccncc1)CC(O)COCC1=CCC2CC1C2(C)C. The van der Waals surface area contributed by atoms with E-state index < -0.39 is 6.10 Å². The van der Waals surface area contributed by atoms with Gasteiger partial charge >= 0.3 is 0 Å². The van der Waals surface area contributed by atoms with Crippen molar-refractivity contribution in [1.82, 2.24) is 9.88 Å². The number of aromatic nitrogens is 1. The second-order valence-electron chi connectivity index (χ2n) is 8.17. The van der Waals surface area contributed by atoms with Gasteiger partial charge in [0.25, 0.3) is 0 Å². The fourth-order valence-corrected chi connectivity index (χ4v) is 4.36. The molecule has 25 heavy (non-hydrogen) atoms. The first-order valence-electron chi connectivity index (χ1n) is 9.56. The van der Waals surface area contributed by atoms with Crippen LogP contribution in [0.1, 0.15) is 39.2 Å². The van der Waals surface area contributed by atoms with Crippen LogP contribution in [0.5, 0.6) is 0 Å². The molecule has 4 nitrogen and oxygen atoms in total. The molecule has 0 spiro atoms. The lowest BCUT2D eigenvalue weighted by Crippen LogP contribution is -2.48. The Bertz CT molecular complexity index is 585. The number of nitrogens with zero attached hydrogens (tertiary/aromatic N) is 2. The molecule has 1 aromatic heterocycles. The Labute approximate surface area is 151 Å². The Morgan fingerprint density at radius 3 is 2.76 bits per heavy atom. The van der Waals surface area contributed by atoms with Gasteiger partial charge in [0.05, 0.1) is 19.3 Å². The second kappa shape index (κ2) is 7.98. The predicted molar refractivity (Wildman–Crippen MR) is 100 cm³/mol. The third-order valence-corrected chi connectivity index (χ3v) is 6.23. The molecule has 0 amide bonds. The molecule has 3 unspecified atom stereocenters. The lowest BCUT2D eigenvalue weighted by Gasteiger charge is -2.56. The number of fused-ring (bicyclic) bond motifs is 1. The highest BCUT2D eigenvalue weighted by Gasteiger charge is 2.50. The smallest absolute Gasteiger partial charge is 0.0900 e. The van der Waals surface area contributed by atoms with Crippen molar-refractivity contribution >= 4 is 0 Å². The van der Waals surface area contributed by atoms with E-state index in [-0.39, 0.29) is 0 Å². The molecule has 1 aromatic rings. The third-order valence-electron chi connectivity index (χ3n) is 6.23. The minimum atomic E-state index is -0.451. The van der Waals surface area contributed by atoms with Crippen LogP contribution in [0.25, 0.3) is 0 Å². The van der Waals surface area contributed by atoms with E-state index >= 15 is 0 Å². The molecule has 3 aliphatic rings. The maximum absolute atomic E-state index is 10.3. The number of hydrogen-bond acceptors (Lipinski definition) is 4. The van der Waals surface area contributed by atoms with Gasteiger partial charge in [-0.05, 0) is 59.9 Å². The van der Waals surface area contributed by atoms with E-state index in [1.807, 2.05) is 24.5 Å². The summed E-state index contributed by atoms with van der Waals surface area (Å²) in [5.74, 6) is 1.54. The molecule has 0 aromatic carbocycles. The van der Waals surface area contributed by atoms with Crippen LogP contribution in [0.15, 0.2) is 36.2 Å². The quantitative estimate of drug-likeness (QED) is 0.699. The maximum atomic E-state index is 10.3. The lowest BCUT2D eigenvalue weighted by molar-refractivity contribution is -0.0262. The summed E-state index contributed by atoms with van der Waals surface area (Å²) in [6.45, 7) is 10.3. The van der Waals surface area contributed by atoms with Crippen molar-refractivity contribution in [1.29, 1.82) is 0 Å². The van der Waals surface area contributed by atoms with Crippen molar-refractivity contribution in [2.24, 2.45) is 17.3 Å². The average Bonchev–Trinajstić information content (AvgIpc) is 2.62. The summed E-state index contributed by atoms with van der Waals surface area (Å²) >= 11 is 0. The minimum Gasteiger partial charge on any atom is -0.389 e. The van der Waals surface area contributed by atoms with Gasteiger partial charge < -0.3 is 9.84 Å². The van der Waals surface area contributed by atoms with Gasteiger partial charge in [0, 0.05) is 25.5 Å². The molecular weight excluding hydrogens is 312 g/mol. The van der Waals surface area contributed by atoms with Crippen LogP contribution in [-0.4, -0.2) is 47.4 Å². The highest BCUT2D eigenvalue weighted by Crippen LogP contribution is 2.59. The van der Waals surface area contributed by atoms with Crippen molar-refractivity contribution in [2.45, 2.75) is 46.3 Å². The summed E-state index contributed by atoms with van der Waals surface area (Å²) < 4.78 is 5.86. The van der Waals surface area contributed by atoms with E-state index in [0.29, 0.717) is 31.1 Å². The Morgan fingerprint density at radius 2 is 2.12 bits per heavy atom. The Balaban J connectivity index is 1.40. The largest absolute Gasteiger partial charge is 0.389 e. The number of pyridine rings is 1. The van der Waals surface area contributed by atoms with Crippen LogP contribution >= 0.6 is 0 Å². The summed E-state index contributed by atoms with van der Waals surface area (Å²) in [7, 11) is 0. The molecule has 3 aliphatic carbocycles. The van der Waals surface area contributed by atoms with Crippen molar-refractivity contribution in [3.05, 3.63) is 41.7 Å². The molecule has 1 fully saturated rings. The molecule has 1 saturated carbocycles. The van der Waals surface area contributed by atoms with Crippen molar-refractivity contribution in [3.8, 4) is 0 Å². The number of aliphatic hydroxyl groups excluding tert-OH is 1. The topological polar surface area (TPSA) is 45.6 Å². The van der Waals surface area contributed by atoms with Gasteiger partial charge in [0.2, 0.25) is 0 Å². The van der Waals surface area contributed by atoms with Gasteiger partial charge in [-0.1, -0.05) is 26.8 Å². The number of hydrogen-bond donors (Lipinski definition) is 1. The van der Waals surface area contributed by atoms with Crippen LogP contribution in [0.3, 0.4) is 0 Å². The van der Waals surface area contributed by atoms with Gasteiger partial charge in [-0.15, -0.1) is 0 Å². The molecule has 3 atom stereocenters. The Kier molecular flexibility index (Phi) is 5.92. The average molecular weight is 344 g/mol. The number of ether oxygens (including phenoxy) is 1. The fraction of sp³-hybridized carbons (Fsp3) is 0.667. The van der Waals surface area contributed by atoms with Crippen LogP contribution in [0.2, 0.25) is 0 Å². The first-order valence-corrected chi connectivity index (χ1v) is 9.56. The molecule has 4 heteroatoms. The van der Waals surface area contributed by atoms with E-state index in [1.54, 1.807) is 0 Å². The van der Waals surface area contributed by atoms with E-state index in [1.165, 1.54) is 24.0 Å². The van der Waals surface area contributed by atoms with Crippen molar-refractivity contribution in [2.75, 3.05) is 26.3 Å². The number of rotatable bonds is 9. The molecular formula is C21H32N2O2. The summed E-state index contributed by atoms with van der Waals surface area (Å²) in [4.78, 5) is 6.29. The van der Waals surface area contributed by atoms with E-state index in [4.69, 9.17) is 4.74 Å². The number of likely N-dealkylation sites (N-methyl/N-ethyl adjacent to an activating group) is 1. The van der Waals surface area contributed by atoms with Gasteiger partial charge in [-0.2, -0.15) is 0 Å². The molecule has 0 radical (unpaired) electrons. The monoisotopic (exact) mass is 344 g/mol. The normalized spacial score (nSPS) is 25.4. The zero-order chi connectivity index (χ0) is 17.9. The number of aliphatic hydroxyl groups is 1. The molecule has 2 bridgehead atoms. The third kappa shape index (κ3) is 4.30. The molecule has 138 valence electrons. The van der Waals surface area contributed by atoms with Gasteiger partial charge in [-0.25, -0.2) is 0 Å².